The van der Waals surface area contributed by atoms with Gasteiger partial charge >= 0.3 is 0 Å². The third kappa shape index (κ3) is 3.70. The van der Waals surface area contributed by atoms with Crippen molar-refractivity contribution >= 4 is 34.8 Å². The molecule has 1 aromatic heterocycles. The molecule has 1 amide bonds. The highest BCUT2D eigenvalue weighted by atomic mass is 35.5. The first-order chi connectivity index (χ1) is 13.0. The topological polar surface area (TPSA) is 37.9 Å². The Morgan fingerprint density at radius 3 is 2.67 bits per heavy atom. The van der Waals surface area contributed by atoms with Crippen LogP contribution in [-0.2, 0) is 24.3 Å². The van der Waals surface area contributed by atoms with Crippen LogP contribution in [0.15, 0.2) is 48.7 Å². The van der Waals surface area contributed by atoms with Crippen LogP contribution in [0.2, 0.25) is 10.0 Å². The molecular weight excluding hydrogens is 388 g/mol. The van der Waals surface area contributed by atoms with Gasteiger partial charge in [0, 0.05) is 11.3 Å². The molecule has 0 bridgehead atoms. The van der Waals surface area contributed by atoms with Gasteiger partial charge < -0.3 is 5.32 Å². The maximum Gasteiger partial charge on any atom is 0.266 e. The number of imidazole rings is 1. The maximum absolute atomic E-state index is 13.0. The van der Waals surface area contributed by atoms with Gasteiger partial charge in [-0.15, -0.1) is 0 Å². The van der Waals surface area contributed by atoms with Crippen LogP contribution in [0.5, 0.6) is 0 Å². The highest BCUT2D eigenvalue weighted by molar-refractivity contribution is 6.42. The van der Waals surface area contributed by atoms with Crippen molar-refractivity contribution in [2.24, 2.45) is 0 Å². The lowest BCUT2D eigenvalue weighted by molar-refractivity contribution is -0.690. The van der Waals surface area contributed by atoms with E-state index in [0.29, 0.717) is 15.7 Å². The number of amides is 1. The number of fused-ring (bicyclic) bond motifs is 1. The number of rotatable bonds is 4. The third-order valence-corrected chi connectivity index (χ3v) is 5.39. The summed E-state index contributed by atoms with van der Waals surface area (Å²) in [5.41, 5.74) is 2.54. The maximum atomic E-state index is 13.0. The van der Waals surface area contributed by atoms with E-state index >= 15 is 0 Å². The van der Waals surface area contributed by atoms with Crippen molar-refractivity contribution in [1.82, 2.24) is 4.57 Å². The highest BCUT2D eigenvalue weighted by Gasteiger charge is 2.29. The van der Waals surface area contributed by atoms with Crippen LogP contribution in [-0.4, -0.2) is 10.5 Å². The van der Waals surface area contributed by atoms with Gasteiger partial charge in [0.15, 0.2) is 12.2 Å². The Kier molecular flexibility index (Phi) is 4.89. The van der Waals surface area contributed by atoms with Crippen molar-refractivity contribution in [3.8, 4) is 11.3 Å². The normalized spacial score (nSPS) is 12.9. The molecule has 2 aromatic carbocycles. The number of nitrogens with zero attached hydrogens (tertiary/aromatic N) is 2. The van der Waals surface area contributed by atoms with Gasteiger partial charge in [0.2, 0.25) is 0 Å². The van der Waals surface area contributed by atoms with Crippen molar-refractivity contribution in [2.45, 2.75) is 25.9 Å². The SMILES string of the molecule is O=C(C[n+]1cc(-c2ccc(Cl)c(Cl)c2)n2c1CCC2)Nc1ccc(F)cc1. The van der Waals surface area contributed by atoms with E-state index in [-0.39, 0.29) is 18.3 Å². The molecule has 0 atom stereocenters. The average Bonchev–Trinajstić information content (AvgIpc) is 3.23. The highest BCUT2D eigenvalue weighted by Crippen LogP contribution is 2.30. The summed E-state index contributed by atoms with van der Waals surface area (Å²) in [5, 5.41) is 3.82. The first kappa shape index (κ1) is 18.0. The number of carbonyl (C=O) groups is 1. The molecule has 2 heterocycles. The fourth-order valence-electron chi connectivity index (χ4n) is 3.42. The Labute approximate surface area is 166 Å². The van der Waals surface area contributed by atoms with Gasteiger partial charge in [0.1, 0.15) is 12.0 Å². The van der Waals surface area contributed by atoms with Crippen molar-refractivity contribution in [3.63, 3.8) is 0 Å². The minimum atomic E-state index is -0.334. The first-order valence-corrected chi connectivity index (χ1v) is 9.39. The van der Waals surface area contributed by atoms with Crippen molar-refractivity contribution in [3.05, 3.63) is 70.3 Å². The van der Waals surface area contributed by atoms with Gasteiger partial charge in [-0.1, -0.05) is 23.2 Å². The molecule has 0 fully saturated rings. The Balaban J connectivity index is 1.59. The summed E-state index contributed by atoms with van der Waals surface area (Å²) in [7, 11) is 0. The summed E-state index contributed by atoms with van der Waals surface area (Å²) in [5.74, 6) is 0.608. The lowest BCUT2D eigenvalue weighted by Gasteiger charge is -2.04. The predicted molar refractivity (Wildman–Crippen MR) is 103 cm³/mol. The second-order valence-electron chi connectivity index (χ2n) is 6.50. The molecule has 138 valence electrons. The second kappa shape index (κ2) is 7.33. The molecule has 3 aromatic rings. The van der Waals surface area contributed by atoms with Crippen LogP contribution < -0.4 is 9.88 Å². The smallest absolute Gasteiger partial charge is 0.266 e. The number of benzene rings is 2. The quantitative estimate of drug-likeness (QED) is 0.639. The molecule has 0 radical (unpaired) electrons. The number of carbonyl (C=O) groups excluding carboxylic acids is 1. The van der Waals surface area contributed by atoms with Gasteiger partial charge in [-0.3, -0.25) is 4.79 Å². The van der Waals surface area contributed by atoms with Crippen molar-refractivity contribution in [1.29, 1.82) is 0 Å². The summed E-state index contributed by atoms with van der Waals surface area (Å²) in [4.78, 5) is 12.4. The van der Waals surface area contributed by atoms with E-state index < -0.39 is 0 Å². The molecule has 4 nitrogen and oxygen atoms in total. The standard InChI is InChI=1S/C20H16Cl2FN3O/c21-16-8-3-13(10-17(16)22)18-11-25(20-2-1-9-26(18)20)12-19(27)24-15-6-4-14(23)5-7-15/h3-8,10-11H,1-2,9,12H2/p+1. The fourth-order valence-corrected chi connectivity index (χ4v) is 3.72. The molecular formula is C20H17Cl2FN3O+. The van der Waals surface area contributed by atoms with Crippen molar-refractivity contribution < 1.29 is 13.8 Å². The summed E-state index contributed by atoms with van der Waals surface area (Å²) in [6, 6.07) is 11.3. The summed E-state index contributed by atoms with van der Waals surface area (Å²) in [6.07, 6.45) is 3.91. The Morgan fingerprint density at radius 1 is 1.15 bits per heavy atom. The monoisotopic (exact) mass is 404 g/mol. The van der Waals surface area contributed by atoms with Crippen LogP contribution in [0.25, 0.3) is 11.3 Å². The first-order valence-electron chi connectivity index (χ1n) is 8.64. The van der Waals surface area contributed by atoms with Crippen LogP contribution in [0.3, 0.4) is 0 Å². The van der Waals surface area contributed by atoms with Crippen LogP contribution in [0, 0.1) is 5.82 Å². The van der Waals surface area contributed by atoms with E-state index in [9.17, 15) is 9.18 Å². The molecule has 1 aliphatic rings. The molecule has 1 aliphatic heterocycles. The van der Waals surface area contributed by atoms with Gasteiger partial charge in [0.25, 0.3) is 11.7 Å². The van der Waals surface area contributed by atoms with E-state index in [1.165, 1.54) is 12.1 Å². The number of nitrogens with one attached hydrogen (secondary N) is 1. The van der Waals surface area contributed by atoms with Crippen LogP contribution >= 0.6 is 23.2 Å². The molecule has 4 rings (SSSR count). The van der Waals surface area contributed by atoms with Gasteiger partial charge in [-0.2, -0.15) is 0 Å². The molecule has 0 unspecified atom stereocenters. The van der Waals surface area contributed by atoms with Gasteiger partial charge in [-0.05, 0) is 48.9 Å². The Morgan fingerprint density at radius 2 is 1.93 bits per heavy atom. The number of hydrogen-bond acceptors (Lipinski definition) is 1. The second-order valence-corrected chi connectivity index (χ2v) is 7.31. The van der Waals surface area contributed by atoms with Crippen LogP contribution in [0.1, 0.15) is 12.2 Å². The molecule has 7 heteroatoms. The molecule has 27 heavy (non-hydrogen) atoms. The van der Waals surface area contributed by atoms with E-state index in [0.717, 1.165) is 36.5 Å². The third-order valence-electron chi connectivity index (χ3n) is 4.65. The fraction of sp³-hybridized carbons (Fsp3) is 0.200. The zero-order valence-electron chi connectivity index (χ0n) is 14.4. The number of anilines is 1. The summed E-state index contributed by atoms with van der Waals surface area (Å²) < 4.78 is 17.2. The van der Waals surface area contributed by atoms with E-state index in [1.807, 2.05) is 22.9 Å². The van der Waals surface area contributed by atoms with E-state index in [1.54, 1.807) is 18.2 Å². The number of halogens is 3. The molecule has 0 saturated heterocycles. The Hall–Kier alpha value is -2.37. The lowest BCUT2D eigenvalue weighted by atomic mass is 10.1. The van der Waals surface area contributed by atoms with Crippen molar-refractivity contribution in [2.75, 3.05) is 5.32 Å². The largest absolute Gasteiger partial charge is 0.323 e. The minimum absolute atomic E-state index is 0.160. The minimum Gasteiger partial charge on any atom is -0.323 e. The molecule has 0 saturated carbocycles. The summed E-state index contributed by atoms with van der Waals surface area (Å²) >= 11 is 12.2. The Bertz CT molecular complexity index is 1010. The van der Waals surface area contributed by atoms with Gasteiger partial charge in [-0.25, -0.2) is 13.5 Å². The van der Waals surface area contributed by atoms with E-state index in [4.69, 9.17) is 23.2 Å². The number of hydrogen-bond donors (Lipinski definition) is 1. The molecule has 1 N–H and O–H groups in total. The lowest BCUT2D eigenvalue weighted by Crippen LogP contribution is -2.42. The zero-order chi connectivity index (χ0) is 19.0. The van der Waals surface area contributed by atoms with E-state index in [2.05, 4.69) is 9.88 Å². The molecule has 0 aliphatic carbocycles. The molecule has 0 spiro atoms. The summed E-state index contributed by atoms with van der Waals surface area (Å²) in [6.45, 7) is 1.09. The zero-order valence-corrected chi connectivity index (χ0v) is 15.9. The number of aromatic nitrogens is 2. The predicted octanol–water partition coefficient (Wildman–Crippen LogP) is 4.47. The van der Waals surface area contributed by atoms with Gasteiger partial charge in [0.05, 0.1) is 23.0 Å². The van der Waals surface area contributed by atoms with Crippen LogP contribution in [0.4, 0.5) is 10.1 Å². The average molecular weight is 405 g/mol.